The smallest absolute Gasteiger partial charge is 0.242 e. The predicted molar refractivity (Wildman–Crippen MR) is 74.1 cm³/mol. The first-order valence-electron chi connectivity index (χ1n) is 5.81. The standard InChI is InChI=1S/C13H16INO2/c1-3-6-13(2)7-4-5-9-10(8-13)12(17)15(14)11(9)16/h3-4,7,9-10H,1,5-6,8H2,2H3. The zero-order valence-corrected chi connectivity index (χ0v) is 12.0. The van der Waals surface area contributed by atoms with Crippen LogP contribution in [0.4, 0.5) is 0 Å². The zero-order valence-electron chi connectivity index (χ0n) is 9.86. The van der Waals surface area contributed by atoms with Gasteiger partial charge in [0.15, 0.2) is 0 Å². The summed E-state index contributed by atoms with van der Waals surface area (Å²) < 4.78 is 1.26. The Morgan fingerprint density at radius 1 is 1.53 bits per heavy atom. The number of carbonyl (C=O) groups is 2. The van der Waals surface area contributed by atoms with Crippen LogP contribution >= 0.6 is 22.9 Å². The van der Waals surface area contributed by atoms with E-state index >= 15 is 0 Å². The lowest BCUT2D eigenvalue weighted by Crippen LogP contribution is -2.24. The minimum atomic E-state index is -0.153. The van der Waals surface area contributed by atoms with E-state index in [0.29, 0.717) is 6.42 Å². The Labute approximate surface area is 115 Å². The summed E-state index contributed by atoms with van der Waals surface area (Å²) in [5, 5.41) is 0. The maximum Gasteiger partial charge on any atom is 0.242 e. The molecule has 0 aromatic heterocycles. The molecule has 0 N–H and O–H groups in total. The second-order valence-electron chi connectivity index (χ2n) is 5.16. The van der Waals surface area contributed by atoms with Crippen molar-refractivity contribution in [1.29, 1.82) is 0 Å². The minimum Gasteiger partial charge on any atom is -0.273 e. The molecule has 2 rings (SSSR count). The zero-order chi connectivity index (χ0) is 12.6. The third-order valence-electron chi connectivity index (χ3n) is 3.71. The Balaban J connectivity index is 2.28. The summed E-state index contributed by atoms with van der Waals surface area (Å²) >= 11 is 1.82. The van der Waals surface area contributed by atoms with Crippen LogP contribution < -0.4 is 0 Å². The van der Waals surface area contributed by atoms with Crippen molar-refractivity contribution in [3.63, 3.8) is 0 Å². The number of rotatable bonds is 2. The molecular formula is C13H16INO2. The second-order valence-corrected chi connectivity index (χ2v) is 6.12. The van der Waals surface area contributed by atoms with Gasteiger partial charge in [0.25, 0.3) is 0 Å². The molecule has 1 aliphatic carbocycles. The van der Waals surface area contributed by atoms with Gasteiger partial charge < -0.3 is 0 Å². The summed E-state index contributed by atoms with van der Waals surface area (Å²) in [6, 6.07) is 0. The van der Waals surface area contributed by atoms with Gasteiger partial charge in [-0.1, -0.05) is 25.2 Å². The molecule has 4 heteroatoms. The number of hydrogen-bond acceptors (Lipinski definition) is 2. The first kappa shape index (κ1) is 12.8. The first-order valence-corrected chi connectivity index (χ1v) is 6.77. The van der Waals surface area contributed by atoms with Gasteiger partial charge in [0.2, 0.25) is 11.8 Å². The van der Waals surface area contributed by atoms with E-state index < -0.39 is 0 Å². The highest BCUT2D eigenvalue weighted by Gasteiger charge is 2.49. The van der Waals surface area contributed by atoms with Crippen molar-refractivity contribution in [2.75, 3.05) is 0 Å². The molecule has 92 valence electrons. The van der Waals surface area contributed by atoms with Crippen molar-refractivity contribution in [3.8, 4) is 0 Å². The quantitative estimate of drug-likeness (QED) is 0.334. The fourth-order valence-electron chi connectivity index (χ4n) is 2.79. The monoisotopic (exact) mass is 345 g/mol. The third kappa shape index (κ3) is 2.19. The highest BCUT2D eigenvalue weighted by Crippen LogP contribution is 2.44. The highest BCUT2D eigenvalue weighted by molar-refractivity contribution is 14.1. The molecule has 0 radical (unpaired) electrons. The lowest BCUT2D eigenvalue weighted by atomic mass is 9.77. The molecule has 1 saturated heterocycles. The van der Waals surface area contributed by atoms with Gasteiger partial charge >= 0.3 is 0 Å². The molecule has 2 amide bonds. The van der Waals surface area contributed by atoms with E-state index in [0.717, 1.165) is 12.8 Å². The van der Waals surface area contributed by atoms with Crippen LogP contribution in [-0.4, -0.2) is 14.9 Å². The van der Waals surface area contributed by atoms with Crippen LogP contribution in [0.1, 0.15) is 26.2 Å². The number of nitrogens with zero attached hydrogens (tertiary/aromatic N) is 1. The van der Waals surface area contributed by atoms with Crippen molar-refractivity contribution >= 4 is 34.7 Å². The van der Waals surface area contributed by atoms with E-state index in [1.54, 1.807) is 0 Å². The normalized spacial score (nSPS) is 36.9. The molecule has 3 atom stereocenters. The SMILES string of the molecule is C=CCC1(C)C=CCC2C(=O)N(I)C(=O)C2C1. The Kier molecular flexibility index (Phi) is 3.43. The fourth-order valence-corrected chi connectivity index (χ4v) is 3.50. The van der Waals surface area contributed by atoms with E-state index in [1.165, 1.54) is 3.11 Å². The summed E-state index contributed by atoms with van der Waals surface area (Å²) in [5.41, 5.74) is -0.0427. The summed E-state index contributed by atoms with van der Waals surface area (Å²) in [7, 11) is 0. The van der Waals surface area contributed by atoms with Gasteiger partial charge in [0, 0.05) is 0 Å². The molecule has 3 nitrogen and oxygen atoms in total. The van der Waals surface area contributed by atoms with Gasteiger partial charge in [-0.25, -0.2) is 3.11 Å². The maximum absolute atomic E-state index is 12.0. The number of fused-ring (bicyclic) bond motifs is 1. The van der Waals surface area contributed by atoms with Crippen LogP contribution in [0.3, 0.4) is 0 Å². The molecule has 0 aromatic carbocycles. The minimum absolute atomic E-state index is 0.0282. The van der Waals surface area contributed by atoms with Gasteiger partial charge in [-0.2, -0.15) is 0 Å². The summed E-state index contributed by atoms with van der Waals surface area (Å²) in [4.78, 5) is 24.0. The average Bonchev–Trinajstić information content (AvgIpc) is 2.46. The van der Waals surface area contributed by atoms with Crippen LogP contribution in [0.5, 0.6) is 0 Å². The van der Waals surface area contributed by atoms with E-state index in [2.05, 4.69) is 25.7 Å². The Morgan fingerprint density at radius 2 is 2.18 bits per heavy atom. The Morgan fingerprint density at radius 3 is 2.82 bits per heavy atom. The van der Waals surface area contributed by atoms with Gasteiger partial charge in [-0.05, 0) is 24.7 Å². The van der Waals surface area contributed by atoms with Gasteiger partial charge in [0.05, 0.1) is 34.7 Å². The lowest BCUT2D eigenvalue weighted by Gasteiger charge is -2.26. The van der Waals surface area contributed by atoms with E-state index in [4.69, 9.17) is 0 Å². The van der Waals surface area contributed by atoms with E-state index in [-0.39, 0.29) is 29.1 Å². The van der Waals surface area contributed by atoms with Gasteiger partial charge in [-0.15, -0.1) is 6.58 Å². The lowest BCUT2D eigenvalue weighted by molar-refractivity contribution is -0.132. The molecule has 0 aromatic rings. The maximum atomic E-state index is 12.0. The number of imide groups is 1. The summed E-state index contributed by atoms with van der Waals surface area (Å²) in [6.07, 6.45) is 8.34. The first-order chi connectivity index (χ1) is 7.98. The Hall–Kier alpha value is -0.650. The van der Waals surface area contributed by atoms with Crippen molar-refractivity contribution in [3.05, 3.63) is 24.8 Å². The van der Waals surface area contributed by atoms with Crippen LogP contribution in [0, 0.1) is 17.3 Å². The van der Waals surface area contributed by atoms with Crippen molar-refractivity contribution < 1.29 is 9.59 Å². The molecule has 2 aliphatic rings. The molecule has 0 bridgehead atoms. The number of carbonyl (C=O) groups excluding carboxylic acids is 2. The molecular weight excluding hydrogens is 329 g/mol. The molecule has 1 fully saturated rings. The molecule has 1 aliphatic heterocycles. The van der Waals surface area contributed by atoms with Crippen molar-refractivity contribution in [2.45, 2.75) is 26.2 Å². The number of allylic oxidation sites excluding steroid dienone is 3. The van der Waals surface area contributed by atoms with E-state index in [9.17, 15) is 9.59 Å². The molecule has 3 unspecified atom stereocenters. The van der Waals surface area contributed by atoms with Crippen LogP contribution in [0.15, 0.2) is 24.8 Å². The largest absolute Gasteiger partial charge is 0.273 e. The molecule has 0 spiro atoms. The second kappa shape index (κ2) is 4.55. The number of hydrogen-bond donors (Lipinski definition) is 0. The molecule has 17 heavy (non-hydrogen) atoms. The number of halogens is 1. The average molecular weight is 345 g/mol. The van der Waals surface area contributed by atoms with Crippen LogP contribution in [0.2, 0.25) is 0 Å². The Bertz CT molecular complexity index is 404. The van der Waals surface area contributed by atoms with Crippen molar-refractivity contribution in [2.24, 2.45) is 17.3 Å². The topological polar surface area (TPSA) is 37.4 Å². The van der Waals surface area contributed by atoms with E-state index in [1.807, 2.05) is 28.9 Å². The number of amides is 2. The highest BCUT2D eigenvalue weighted by atomic mass is 127. The van der Waals surface area contributed by atoms with Crippen LogP contribution in [-0.2, 0) is 9.59 Å². The van der Waals surface area contributed by atoms with Crippen LogP contribution in [0.25, 0.3) is 0 Å². The summed E-state index contributed by atoms with van der Waals surface area (Å²) in [5.74, 6) is -0.366. The predicted octanol–water partition coefficient (Wildman–Crippen LogP) is 2.87. The molecule has 1 heterocycles. The van der Waals surface area contributed by atoms with Crippen molar-refractivity contribution in [1.82, 2.24) is 3.11 Å². The molecule has 0 saturated carbocycles. The fraction of sp³-hybridized carbons (Fsp3) is 0.538. The summed E-state index contributed by atoms with van der Waals surface area (Å²) in [6.45, 7) is 5.89. The van der Waals surface area contributed by atoms with Gasteiger partial charge in [0.1, 0.15) is 0 Å². The van der Waals surface area contributed by atoms with Gasteiger partial charge in [-0.3, -0.25) is 9.59 Å². The third-order valence-corrected chi connectivity index (χ3v) is 4.67.